The van der Waals surface area contributed by atoms with Gasteiger partial charge >= 0.3 is 0 Å². The van der Waals surface area contributed by atoms with Gasteiger partial charge in [-0.1, -0.05) is 18.2 Å². The first kappa shape index (κ1) is 18.6. The molecule has 1 aliphatic heterocycles. The van der Waals surface area contributed by atoms with E-state index in [4.69, 9.17) is 9.47 Å². The van der Waals surface area contributed by atoms with Crippen LogP contribution in [0.15, 0.2) is 60.9 Å². The highest BCUT2D eigenvalue weighted by Gasteiger charge is 2.25. The Morgan fingerprint density at radius 3 is 2.57 bits per heavy atom. The molecule has 30 heavy (non-hydrogen) atoms. The molecular weight excluding hydrogens is 378 g/mol. The number of ether oxygens (including phenoxy) is 2. The van der Waals surface area contributed by atoms with Crippen LogP contribution in [0.4, 0.5) is 0 Å². The van der Waals surface area contributed by atoms with Crippen molar-refractivity contribution in [1.82, 2.24) is 14.9 Å². The molecule has 152 valence electrons. The van der Waals surface area contributed by atoms with E-state index in [0.717, 1.165) is 35.5 Å². The fraction of sp³-hybridized carbons (Fsp3) is 0.292. The lowest BCUT2D eigenvalue weighted by molar-refractivity contribution is 0.0757. The highest BCUT2D eigenvalue weighted by atomic mass is 16.5. The lowest BCUT2D eigenvalue weighted by Gasteiger charge is -2.19. The first-order valence-electron chi connectivity index (χ1n) is 10.4. The topological polar surface area (TPSA) is 64.6 Å². The third-order valence-corrected chi connectivity index (χ3v) is 5.36. The molecule has 6 nitrogen and oxygen atoms in total. The Balaban J connectivity index is 1.34. The van der Waals surface area contributed by atoms with E-state index in [2.05, 4.69) is 9.97 Å². The molecule has 1 amide bonds. The van der Waals surface area contributed by atoms with Gasteiger partial charge in [0.15, 0.2) is 0 Å². The van der Waals surface area contributed by atoms with Crippen LogP contribution in [0.3, 0.4) is 0 Å². The van der Waals surface area contributed by atoms with Crippen LogP contribution < -0.4 is 9.47 Å². The summed E-state index contributed by atoms with van der Waals surface area (Å²) >= 11 is 0. The van der Waals surface area contributed by atoms with Crippen LogP contribution in [0, 0.1) is 0 Å². The summed E-state index contributed by atoms with van der Waals surface area (Å²) in [6, 6.07) is 15.6. The van der Waals surface area contributed by atoms with Crippen LogP contribution in [0.5, 0.6) is 11.5 Å². The summed E-state index contributed by atoms with van der Waals surface area (Å²) in [5, 5.41) is 0. The standard InChI is InChI=1S/C24H23N3O3/c28-24-21-16-18(17-2-5-19(6-3-17)30-20-7-8-20)4-9-22(21)29-15-14-27(24)13-10-23-25-11-1-12-26-23/h1-6,9,11-12,16,20H,7-8,10,13-15H2. The monoisotopic (exact) mass is 401 g/mol. The molecule has 0 bridgehead atoms. The Bertz CT molecular complexity index is 1030. The molecule has 0 spiro atoms. The quantitative estimate of drug-likeness (QED) is 0.629. The third-order valence-electron chi connectivity index (χ3n) is 5.36. The molecule has 0 unspecified atom stereocenters. The molecule has 0 saturated heterocycles. The zero-order valence-corrected chi connectivity index (χ0v) is 16.7. The predicted octanol–water partition coefficient (Wildman–Crippen LogP) is 3.76. The summed E-state index contributed by atoms with van der Waals surface area (Å²) in [4.78, 5) is 23.5. The Kier molecular flexibility index (Phi) is 5.05. The fourth-order valence-electron chi connectivity index (χ4n) is 3.55. The Hall–Kier alpha value is -3.41. The minimum Gasteiger partial charge on any atom is -0.491 e. The van der Waals surface area contributed by atoms with E-state index in [1.54, 1.807) is 18.5 Å². The number of rotatable bonds is 6. The molecule has 3 aromatic rings. The maximum atomic E-state index is 13.2. The van der Waals surface area contributed by atoms with Crippen molar-refractivity contribution in [3.63, 3.8) is 0 Å². The molecule has 0 radical (unpaired) electrons. The van der Waals surface area contributed by atoms with E-state index >= 15 is 0 Å². The van der Waals surface area contributed by atoms with E-state index in [0.29, 0.717) is 43.5 Å². The summed E-state index contributed by atoms with van der Waals surface area (Å²) in [5.41, 5.74) is 2.62. The van der Waals surface area contributed by atoms with Gasteiger partial charge < -0.3 is 14.4 Å². The van der Waals surface area contributed by atoms with Crippen LogP contribution in [-0.2, 0) is 6.42 Å². The summed E-state index contributed by atoms with van der Waals surface area (Å²) in [6.45, 7) is 1.58. The van der Waals surface area contributed by atoms with Gasteiger partial charge in [0.2, 0.25) is 0 Å². The second-order valence-corrected chi connectivity index (χ2v) is 7.61. The number of hydrogen-bond acceptors (Lipinski definition) is 5. The number of carbonyl (C=O) groups excluding carboxylic acids is 1. The van der Waals surface area contributed by atoms with Gasteiger partial charge in [-0.15, -0.1) is 0 Å². The second kappa shape index (κ2) is 8.14. The smallest absolute Gasteiger partial charge is 0.257 e. The van der Waals surface area contributed by atoms with Crippen molar-refractivity contribution < 1.29 is 14.3 Å². The van der Waals surface area contributed by atoms with Gasteiger partial charge in [0.05, 0.1) is 18.2 Å². The third kappa shape index (κ3) is 4.13. The normalized spacial score (nSPS) is 15.9. The lowest BCUT2D eigenvalue weighted by atomic mass is 10.0. The summed E-state index contributed by atoms with van der Waals surface area (Å²) in [7, 11) is 0. The highest BCUT2D eigenvalue weighted by molar-refractivity contribution is 5.98. The number of amides is 1. The number of benzene rings is 2. The average molecular weight is 401 g/mol. The first-order chi connectivity index (χ1) is 14.8. The summed E-state index contributed by atoms with van der Waals surface area (Å²) in [6.07, 6.45) is 6.72. The van der Waals surface area contributed by atoms with Crippen molar-refractivity contribution in [3.05, 3.63) is 72.3 Å². The van der Waals surface area contributed by atoms with Gasteiger partial charge in [-0.3, -0.25) is 4.79 Å². The first-order valence-corrected chi connectivity index (χ1v) is 10.4. The Morgan fingerprint density at radius 1 is 1.03 bits per heavy atom. The predicted molar refractivity (Wildman–Crippen MR) is 113 cm³/mol. The van der Waals surface area contributed by atoms with E-state index in [1.807, 2.05) is 47.4 Å². The highest BCUT2D eigenvalue weighted by Crippen LogP contribution is 2.32. The van der Waals surface area contributed by atoms with Gasteiger partial charge in [-0.2, -0.15) is 0 Å². The van der Waals surface area contributed by atoms with Crippen LogP contribution in [0.2, 0.25) is 0 Å². The lowest BCUT2D eigenvalue weighted by Crippen LogP contribution is -2.34. The Labute approximate surface area is 175 Å². The molecule has 2 aromatic carbocycles. The molecule has 2 heterocycles. The van der Waals surface area contributed by atoms with Crippen LogP contribution in [0.25, 0.3) is 11.1 Å². The number of carbonyl (C=O) groups is 1. The summed E-state index contributed by atoms with van der Waals surface area (Å²) < 4.78 is 11.7. The van der Waals surface area contributed by atoms with Crippen LogP contribution >= 0.6 is 0 Å². The van der Waals surface area contributed by atoms with Crippen molar-refractivity contribution in [2.24, 2.45) is 0 Å². The molecule has 1 aromatic heterocycles. The van der Waals surface area contributed by atoms with Gasteiger partial charge in [-0.05, 0) is 54.3 Å². The van der Waals surface area contributed by atoms with Crippen molar-refractivity contribution in [3.8, 4) is 22.6 Å². The maximum Gasteiger partial charge on any atom is 0.257 e. The zero-order chi connectivity index (χ0) is 20.3. The van der Waals surface area contributed by atoms with Gasteiger partial charge in [0, 0.05) is 25.4 Å². The average Bonchev–Trinajstić information content (AvgIpc) is 3.62. The molecule has 0 N–H and O–H groups in total. The molecular formula is C24H23N3O3. The summed E-state index contributed by atoms with van der Waals surface area (Å²) in [5.74, 6) is 2.24. The largest absolute Gasteiger partial charge is 0.491 e. The number of hydrogen-bond donors (Lipinski definition) is 0. The van der Waals surface area contributed by atoms with Gasteiger partial charge in [0.25, 0.3) is 5.91 Å². The SMILES string of the molecule is O=C1c2cc(-c3ccc(OC4CC4)cc3)ccc2OCCN1CCc1ncccn1. The minimum absolute atomic E-state index is 0.0195. The molecule has 6 heteroatoms. The van der Waals surface area contributed by atoms with E-state index in [9.17, 15) is 4.79 Å². The van der Waals surface area contributed by atoms with Crippen LogP contribution in [-0.4, -0.2) is 46.6 Å². The van der Waals surface area contributed by atoms with E-state index in [1.165, 1.54) is 0 Å². The van der Waals surface area contributed by atoms with Gasteiger partial charge in [-0.25, -0.2) is 9.97 Å². The molecule has 1 aliphatic carbocycles. The second-order valence-electron chi connectivity index (χ2n) is 7.61. The Morgan fingerprint density at radius 2 is 1.80 bits per heavy atom. The fourth-order valence-corrected chi connectivity index (χ4v) is 3.55. The molecule has 1 saturated carbocycles. The molecule has 1 fully saturated rings. The zero-order valence-electron chi connectivity index (χ0n) is 16.7. The molecule has 0 atom stereocenters. The van der Waals surface area contributed by atoms with Crippen molar-refractivity contribution >= 4 is 5.91 Å². The van der Waals surface area contributed by atoms with Crippen LogP contribution in [0.1, 0.15) is 29.0 Å². The van der Waals surface area contributed by atoms with E-state index in [-0.39, 0.29) is 5.91 Å². The molecule has 2 aliphatic rings. The maximum absolute atomic E-state index is 13.2. The molecule has 5 rings (SSSR count). The van der Waals surface area contributed by atoms with E-state index < -0.39 is 0 Å². The number of nitrogens with zero attached hydrogens (tertiary/aromatic N) is 3. The number of aromatic nitrogens is 2. The number of fused-ring (bicyclic) bond motifs is 1. The van der Waals surface area contributed by atoms with Gasteiger partial charge in [0.1, 0.15) is 23.9 Å². The van der Waals surface area contributed by atoms with Crippen molar-refractivity contribution in [1.29, 1.82) is 0 Å². The van der Waals surface area contributed by atoms with Crippen molar-refractivity contribution in [2.75, 3.05) is 19.7 Å². The van der Waals surface area contributed by atoms with Crippen molar-refractivity contribution in [2.45, 2.75) is 25.4 Å². The minimum atomic E-state index is -0.0195.